The Morgan fingerprint density at radius 3 is 2.76 bits per heavy atom. The molecule has 29 heavy (non-hydrogen) atoms. The van der Waals surface area contributed by atoms with Gasteiger partial charge in [0.15, 0.2) is 0 Å². The minimum Gasteiger partial charge on any atom is -0.489 e. The molecule has 3 heterocycles. The van der Waals surface area contributed by atoms with E-state index in [0.29, 0.717) is 18.5 Å². The maximum absolute atomic E-state index is 12.8. The minimum absolute atomic E-state index is 0.144. The lowest BCUT2D eigenvalue weighted by atomic mass is 10.0. The van der Waals surface area contributed by atoms with E-state index in [1.165, 1.54) is 19.4 Å². The van der Waals surface area contributed by atoms with Crippen molar-refractivity contribution in [2.45, 2.75) is 57.2 Å². The molecule has 0 bridgehead atoms. The van der Waals surface area contributed by atoms with Gasteiger partial charge in [-0.25, -0.2) is 0 Å². The highest BCUT2D eigenvalue weighted by atomic mass is 16.5. The van der Waals surface area contributed by atoms with Crippen LogP contribution in [0.1, 0.15) is 54.4 Å². The Kier molecular flexibility index (Phi) is 4.78. The number of hydrogen-bond acceptors (Lipinski definition) is 5. The summed E-state index contributed by atoms with van der Waals surface area (Å²) in [5.41, 5.74) is 1.52. The Bertz CT molecular complexity index is 850. The number of benzene rings is 1. The Hall–Kier alpha value is -2.41. The number of nitrogens with zero attached hydrogens (tertiary/aromatic N) is 2. The number of nitrogens with one attached hydrogen (secondary N) is 1. The molecule has 1 aromatic carbocycles. The lowest BCUT2D eigenvalue weighted by Gasteiger charge is -2.33. The summed E-state index contributed by atoms with van der Waals surface area (Å²) in [6.45, 7) is 3.71. The van der Waals surface area contributed by atoms with Crippen LogP contribution in [0, 0.1) is 5.92 Å². The summed E-state index contributed by atoms with van der Waals surface area (Å²) in [4.78, 5) is 40.5. The summed E-state index contributed by atoms with van der Waals surface area (Å²) in [6.07, 6.45) is 5.78. The van der Waals surface area contributed by atoms with Crippen LogP contribution in [-0.2, 0) is 16.1 Å². The number of likely N-dealkylation sites (tertiary alicyclic amines) is 1. The van der Waals surface area contributed by atoms with Gasteiger partial charge in [0.1, 0.15) is 17.9 Å². The van der Waals surface area contributed by atoms with E-state index < -0.39 is 6.04 Å². The Morgan fingerprint density at radius 1 is 1.10 bits per heavy atom. The van der Waals surface area contributed by atoms with Crippen molar-refractivity contribution in [3.05, 3.63) is 29.3 Å². The van der Waals surface area contributed by atoms with Gasteiger partial charge in [-0.15, -0.1) is 0 Å². The molecule has 3 aliphatic heterocycles. The fourth-order valence-corrected chi connectivity index (χ4v) is 4.76. The molecular weight excluding hydrogens is 370 g/mol. The maximum atomic E-state index is 12.8. The average molecular weight is 397 g/mol. The summed E-state index contributed by atoms with van der Waals surface area (Å²) >= 11 is 0. The number of imide groups is 1. The molecule has 4 aliphatic rings. The first-order valence-electron chi connectivity index (χ1n) is 10.7. The van der Waals surface area contributed by atoms with Crippen LogP contribution in [0.5, 0.6) is 5.75 Å². The van der Waals surface area contributed by atoms with Crippen molar-refractivity contribution in [3.8, 4) is 5.75 Å². The van der Waals surface area contributed by atoms with Gasteiger partial charge in [-0.2, -0.15) is 0 Å². The molecule has 2 unspecified atom stereocenters. The van der Waals surface area contributed by atoms with E-state index in [4.69, 9.17) is 4.74 Å². The molecule has 154 valence electrons. The number of piperidine rings is 2. The van der Waals surface area contributed by atoms with Crippen LogP contribution < -0.4 is 10.1 Å². The van der Waals surface area contributed by atoms with Crippen LogP contribution in [0.25, 0.3) is 0 Å². The Morgan fingerprint density at radius 2 is 1.97 bits per heavy atom. The zero-order valence-corrected chi connectivity index (χ0v) is 16.6. The number of carbonyl (C=O) groups is 3. The molecule has 1 saturated carbocycles. The molecule has 3 amide bonds. The van der Waals surface area contributed by atoms with Gasteiger partial charge >= 0.3 is 0 Å². The molecule has 2 saturated heterocycles. The van der Waals surface area contributed by atoms with Gasteiger partial charge in [0.25, 0.3) is 5.91 Å². The SMILES string of the molecule is O=C1CCC(N2Cc3cc(OC4CCCN(CC5CC5)C4)ccc3C2=O)C(=O)N1. The lowest BCUT2D eigenvalue weighted by Crippen LogP contribution is -2.52. The van der Waals surface area contributed by atoms with E-state index in [2.05, 4.69) is 10.2 Å². The molecule has 1 aromatic rings. The van der Waals surface area contributed by atoms with Crippen LogP contribution >= 0.6 is 0 Å². The summed E-state index contributed by atoms with van der Waals surface area (Å²) < 4.78 is 6.27. The highest BCUT2D eigenvalue weighted by Gasteiger charge is 2.39. The lowest BCUT2D eigenvalue weighted by molar-refractivity contribution is -0.136. The van der Waals surface area contributed by atoms with E-state index in [9.17, 15) is 14.4 Å². The molecule has 7 heteroatoms. The van der Waals surface area contributed by atoms with Gasteiger partial charge in [-0.1, -0.05) is 0 Å². The van der Waals surface area contributed by atoms with Crippen LogP contribution in [0.3, 0.4) is 0 Å². The highest BCUT2D eigenvalue weighted by Crippen LogP contribution is 2.32. The fraction of sp³-hybridized carbons (Fsp3) is 0.591. The number of ether oxygens (including phenoxy) is 1. The molecule has 3 fully saturated rings. The molecule has 1 N–H and O–H groups in total. The van der Waals surface area contributed by atoms with Gasteiger partial charge in [0.2, 0.25) is 11.8 Å². The predicted octanol–water partition coefficient (Wildman–Crippen LogP) is 1.70. The van der Waals surface area contributed by atoms with Crippen LogP contribution in [0.2, 0.25) is 0 Å². The van der Waals surface area contributed by atoms with E-state index >= 15 is 0 Å². The smallest absolute Gasteiger partial charge is 0.255 e. The van der Waals surface area contributed by atoms with Crippen molar-refractivity contribution in [2.75, 3.05) is 19.6 Å². The second-order valence-corrected chi connectivity index (χ2v) is 8.80. The van der Waals surface area contributed by atoms with Crippen molar-refractivity contribution in [1.29, 1.82) is 0 Å². The van der Waals surface area contributed by atoms with Crippen molar-refractivity contribution >= 4 is 17.7 Å². The third-order valence-electron chi connectivity index (χ3n) is 6.47. The van der Waals surface area contributed by atoms with E-state index in [-0.39, 0.29) is 30.2 Å². The summed E-state index contributed by atoms with van der Waals surface area (Å²) in [6, 6.07) is 5.04. The predicted molar refractivity (Wildman–Crippen MR) is 105 cm³/mol. The van der Waals surface area contributed by atoms with Gasteiger partial charge < -0.3 is 9.64 Å². The van der Waals surface area contributed by atoms with Crippen LogP contribution in [0.4, 0.5) is 0 Å². The molecule has 7 nitrogen and oxygen atoms in total. The van der Waals surface area contributed by atoms with Crippen molar-refractivity contribution in [1.82, 2.24) is 15.1 Å². The van der Waals surface area contributed by atoms with Crippen molar-refractivity contribution < 1.29 is 19.1 Å². The molecule has 5 rings (SSSR count). The first-order valence-corrected chi connectivity index (χ1v) is 10.7. The van der Waals surface area contributed by atoms with Gasteiger partial charge in [0.05, 0.1) is 0 Å². The Balaban J connectivity index is 1.25. The first kappa shape index (κ1) is 18.6. The summed E-state index contributed by atoms with van der Waals surface area (Å²) in [5.74, 6) is 0.887. The number of rotatable bonds is 5. The number of hydrogen-bond donors (Lipinski definition) is 1. The normalized spacial score (nSPS) is 27.7. The molecular formula is C22H27N3O4. The van der Waals surface area contributed by atoms with Crippen LogP contribution in [-0.4, -0.2) is 59.3 Å². The largest absolute Gasteiger partial charge is 0.489 e. The van der Waals surface area contributed by atoms with Crippen molar-refractivity contribution in [3.63, 3.8) is 0 Å². The molecule has 0 aromatic heterocycles. The van der Waals surface area contributed by atoms with Gasteiger partial charge in [-0.3, -0.25) is 24.6 Å². The van der Waals surface area contributed by atoms with Gasteiger partial charge in [-0.05, 0) is 68.3 Å². The molecule has 0 radical (unpaired) electrons. The highest BCUT2D eigenvalue weighted by molar-refractivity contribution is 6.05. The standard InChI is InChI=1S/C22H27N3O4/c26-20-8-7-19(21(27)23-20)25-12-15-10-16(5-6-18(15)22(25)28)29-17-2-1-9-24(13-17)11-14-3-4-14/h5-6,10,14,17,19H,1-4,7-9,11-13H2,(H,23,26,27). The minimum atomic E-state index is -0.578. The average Bonchev–Trinajstić information content (AvgIpc) is 3.45. The topological polar surface area (TPSA) is 79.0 Å². The van der Waals surface area contributed by atoms with E-state index in [1.807, 2.05) is 18.2 Å². The third kappa shape index (κ3) is 3.88. The third-order valence-corrected chi connectivity index (χ3v) is 6.47. The zero-order valence-electron chi connectivity index (χ0n) is 16.6. The summed E-state index contributed by atoms with van der Waals surface area (Å²) in [5, 5.41) is 2.34. The maximum Gasteiger partial charge on any atom is 0.255 e. The second-order valence-electron chi connectivity index (χ2n) is 8.80. The first-order chi connectivity index (χ1) is 14.1. The monoisotopic (exact) mass is 397 g/mol. The number of carbonyl (C=O) groups excluding carboxylic acids is 3. The van der Waals surface area contributed by atoms with E-state index in [0.717, 1.165) is 43.2 Å². The molecule has 0 spiro atoms. The molecule has 1 aliphatic carbocycles. The number of fused-ring (bicyclic) bond motifs is 1. The molecule has 2 atom stereocenters. The van der Waals surface area contributed by atoms with Gasteiger partial charge in [0, 0.05) is 31.6 Å². The summed E-state index contributed by atoms with van der Waals surface area (Å²) in [7, 11) is 0. The van der Waals surface area contributed by atoms with Crippen molar-refractivity contribution in [2.24, 2.45) is 5.92 Å². The fourth-order valence-electron chi connectivity index (χ4n) is 4.76. The number of amides is 3. The zero-order chi connectivity index (χ0) is 20.0. The van der Waals surface area contributed by atoms with E-state index in [1.54, 1.807) is 4.90 Å². The Labute approximate surface area is 170 Å². The second kappa shape index (κ2) is 7.44. The van der Waals surface area contributed by atoms with Crippen LogP contribution in [0.15, 0.2) is 18.2 Å². The quantitative estimate of drug-likeness (QED) is 0.765.